The van der Waals surface area contributed by atoms with E-state index in [1.165, 1.54) is 17.0 Å². The van der Waals surface area contributed by atoms with Crippen LogP contribution in [-0.2, 0) is 4.79 Å². The minimum Gasteiger partial charge on any atom is -0.480 e. The summed E-state index contributed by atoms with van der Waals surface area (Å²) in [5.74, 6) is -1.20. The molecule has 3 aromatic heterocycles. The number of nitrogens with zero attached hydrogens (tertiary/aromatic N) is 3. The summed E-state index contributed by atoms with van der Waals surface area (Å²) in [4.78, 5) is 46.0. The highest BCUT2D eigenvalue weighted by molar-refractivity contribution is 5.87. The van der Waals surface area contributed by atoms with Crippen molar-refractivity contribution in [3.63, 3.8) is 0 Å². The van der Waals surface area contributed by atoms with E-state index < -0.39 is 29.3 Å². The zero-order chi connectivity index (χ0) is 22.3. The molecule has 0 aliphatic rings. The van der Waals surface area contributed by atoms with Gasteiger partial charge >= 0.3 is 11.7 Å². The van der Waals surface area contributed by atoms with Gasteiger partial charge in [-0.15, -0.1) is 0 Å². The van der Waals surface area contributed by atoms with Gasteiger partial charge in [0, 0.05) is 35.1 Å². The van der Waals surface area contributed by atoms with E-state index in [0.29, 0.717) is 11.9 Å². The molecule has 0 aliphatic carbocycles. The van der Waals surface area contributed by atoms with E-state index in [1.807, 2.05) is 45.2 Å². The first-order chi connectivity index (χ1) is 14.9. The lowest BCUT2D eigenvalue weighted by Crippen LogP contribution is -2.45. The molecular weight excluding hydrogens is 396 g/mol. The second kappa shape index (κ2) is 7.86. The fourth-order valence-electron chi connectivity index (χ4n) is 4.35. The SMILES string of the molecule is CCCC(C(=O)O)n1c(=O)c2cnccc2n(C(C)c2c[nH]c3cccc(C)c23)c1=O. The van der Waals surface area contributed by atoms with Crippen LogP contribution in [0.5, 0.6) is 0 Å². The molecule has 0 amide bonds. The Kier molecular flexibility index (Phi) is 5.22. The van der Waals surface area contributed by atoms with Crippen molar-refractivity contribution in [2.24, 2.45) is 0 Å². The minimum atomic E-state index is -1.24. The lowest BCUT2D eigenvalue weighted by Gasteiger charge is -2.22. The Balaban J connectivity index is 2.07. The summed E-state index contributed by atoms with van der Waals surface area (Å²) in [6, 6.07) is 5.85. The van der Waals surface area contributed by atoms with Gasteiger partial charge in [0.05, 0.1) is 16.9 Å². The van der Waals surface area contributed by atoms with Crippen LogP contribution in [0.15, 0.2) is 52.4 Å². The summed E-state index contributed by atoms with van der Waals surface area (Å²) in [5.41, 5.74) is 2.05. The third-order valence-electron chi connectivity index (χ3n) is 5.86. The van der Waals surface area contributed by atoms with Crippen molar-refractivity contribution in [2.75, 3.05) is 0 Å². The molecule has 31 heavy (non-hydrogen) atoms. The Morgan fingerprint density at radius 1 is 1.23 bits per heavy atom. The second-order valence-electron chi connectivity index (χ2n) is 7.78. The standard InChI is InChI=1S/C23H24N4O4/c1-4-6-19(22(29)30)27-21(28)16-11-24-10-9-18(16)26(23(27)31)14(3)15-12-25-17-8-5-7-13(2)20(15)17/h5,7-12,14,19,25H,4,6H2,1-3H3,(H,29,30). The number of aromatic nitrogens is 4. The first-order valence-corrected chi connectivity index (χ1v) is 10.3. The molecule has 3 heterocycles. The van der Waals surface area contributed by atoms with E-state index in [0.717, 1.165) is 26.6 Å². The quantitative estimate of drug-likeness (QED) is 0.497. The molecule has 4 rings (SSSR count). The molecule has 160 valence electrons. The van der Waals surface area contributed by atoms with Gasteiger partial charge in [0.2, 0.25) is 0 Å². The third-order valence-corrected chi connectivity index (χ3v) is 5.86. The van der Waals surface area contributed by atoms with Crippen LogP contribution in [0.25, 0.3) is 21.8 Å². The van der Waals surface area contributed by atoms with Crippen LogP contribution in [0.2, 0.25) is 0 Å². The Morgan fingerprint density at radius 3 is 2.71 bits per heavy atom. The Morgan fingerprint density at radius 2 is 2.00 bits per heavy atom. The van der Waals surface area contributed by atoms with E-state index in [9.17, 15) is 19.5 Å². The number of aromatic amines is 1. The fraction of sp³-hybridized carbons (Fsp3) is 0.304. The zero-order valence-corrected chi connectivity index (χ0v) is 17.6. The van der Waals surface area contributed by atoms with Crippen molar-refractivity contribution in [1.29, 1.82) is 0 Å². The maximum Gasteiger partial charge on any atom is 0.332 e. The molecule has 0 spiro atoms. The number of benzene rings is 1. The average Bonchev–Trinajstić information content (AvgIpc) is 3.18. The molecule has 0 bridgehead atoms. The number of carbonyl (C=O) groups is 1. The zero-order valence-electron chi connectivity index (χ0n) is 17.6. The summed E-state index contributed by atoms with van der Waals surface area (Å²) in [6.45, 7) is 5.69. The first kappa shape index (κ1) is 20.6. The van der Waals surface area contributed by atoms with Gasteiger partial charge in [0.15, 0.2) is 0 Å². The predicted molar refractivity (Wildman–Crippen MR) is 119 cm³/mol. The Hall–Kier alpha value is -3.68. The van der Waals surface area contributed by atoms with Gasteiger partial charge in [0.1, 0.15) is 6.04 Å². The summed E-state index contributed by atoms with van der Waals surface area (Å²) < 4.78 is 2.37. The van der Waals surface area contributed by atoms with Crippen LogP contribution in [0, 0.1) is 6.92 Å². The predicted octanol–water partition coefficient (Wildman–Crippen LogP) is 3.38. The molecule has 1 aromatic carbocycles. The van der Waals surface area contributed by atoms with Crippen molar-refractivity contribution in [1.82, 2.24) is 19.1 Å². The van der Waals surface area contributed by atoms with E-state index in [1.54, 1.807) is 6.07 Å². The maximum absolute atomic E-state index is 13.6. The molecule has 2 unspecified atom stereocenters. The van der Waals surface area contributed by atoms with Crippen LogP contribution < -0.4 is 11.2 Å². The number of aliphatic carboxylic acids is 1. The molecule has 0 aliphatic heterocycles. The van der Waals surface area contributed by atoms with Crippen molar-refractivity contribution in [3.8, 4) is 0 Å². The number of carboxylic acid groups (broad SMARTS) is 1. The molecule has 0 saturated carbocycles. The largest absolute Gasteiger partial charge is 0.480 e. The van der Waals surface area contributed by atoms with E-state index in [-0.39, 0.29) is 11.8 Å². The smallest absolute Gasteiger partial charge is 0.332 e. The van der Waals surface area contributed by atoms with Gasteiger partial charge in [-0.25, -0.2) is 14.2 Å². The average molecular weight is 420 g/mol. The molecule has 4 aromatic rings. The molecule has 0 radical (unpaired) electrons. The summed E-state index contributed by atoms with van der Waals surface area (Å²) in [5, 5.41) is 11.0. The van der Waals surface area contributed by atoms with Crippen molar-refractivity contribution in [2.45, 2.75) is 45.7 Å². The van der Waals surface area contributed by atoms with E-state index >= 15 is 0 Å². The van der Waals surface area contributed by atoms with Gasteiger partial charge in [-0.1, -0.05) is 25.5 Å². The number of pyridine rings is 1. The summed E-state index contributed by atoms with van der Waals surface area (Å²) in [6.07, 6.45) is 5.47. The van der Waals surface area contributed by atoms with Gasteiger partial charge in [0.25, 0.3) is 5.56 Å². The topological polar surface area (TPSA) is 110 Å². The van der Waals surface area contributed by atoms with Crippen LogP contribution in [0.4, 0.5) is 0 Å². The molecule has 0 saturated heterocycles. The minimum absolute atomic E-state index is 0.177. The number of H-pyrrole nitrogens is 1. The highest BCUT2D eigenvalue weighted by Crippen LogP contribution is 2.30. The maximum atomic E-state index is 13.6. The second-order valence-corrected chi connectivity index (χ2v) is 7.78. The number of fused-ring (bicyclic) bond motifs is 2. The summed E-state index contributed by atoms with van der Waals surface area (Å²) in [7, 11) is 0. The third kappa shape index (κ3) is 3.24. The molecule has 2 N–H and O–H groups in total. The number of rotatable bonds is 6. The summed E-state index contributed by atoms with van der Waals surface area (Å²) >= 11 is 0. The number of hydrogen-bond donors (Lipinski definition) is 2. The lowest BCUT2D eigenvalue weighted by molar-refractivity contribution is -0.141. The van der Waals surface area contributed by atoms with Gasteiger partial charge in [-0.05, 0) is 38.0 Å². The van der Waals surface area contributed by atoms with Gasteiger partial charge in [-0.2, -0.15) is 0 Å². The van der Waals surface area contributed by atoms with Crippen LogP contribution in [0.3, 0.4) is 0 Å². The van der Waals surface area contributed by atoms with Crippen LogP contribution >= 0.6 is 0 Å². The van der Waals surface area contributed by atoms with Crippen molar-refractivity contribution in [3.05, 3.63) is 74.8 Å². The van der Waals surface area contributed by atoms with Gasteiger partial charge in [-0.3, -0.25) is 14.3 Å². The van der Waals surface area contributed by atoms with Crippen molar-refractivity contribution >= 4 is 27.8 Å². The molecule has 0 fully saturated rings. The number of carboxylic acids is 1. The molecular formula is C23H24N4O4. The lowest BCUT2D eigenvalue weighted by atomic mass is 10.0. The first-order valence-electron chi connectivity index (χ1n) is 10.3. The number of hydrogen-bond acceptors (Lipinski definition) is 4. The monoisotopic (exact) mass is 420 g/mol. The van der Waals surface area contributed by atoms with Gasteiger partial charge < -0.3 is 10.1 Å². The van der Waals surface area contributed by atoms with Crippen molar-refractivity contribution < 1.29 is 9.90 Å². The fourth-order valence-corrected chi connectivity index (χ4v) is 4.35. The number of nitrogens with one attached hydrogen (secondary N) is 1. The molecule has 8 nitrogen and oxygen atoms in total. The molecule has 8 heteroatoms. The molecule has 2 atom stereocenters. The Labute approximate surface area is 177 Å². The number of aryl methyl sites for hydroxylation is 1. The Bertz CT molecular complexity index is 1410. The van der Waals surface area contributed by atoms with E-state index in [2.05, 4.69) is 9.97 Å². The van der Waals surface area contributed by atoms with E-state index in [4.69, 9.17) is 0 Å². The van der Waals surface area contributed by atoms with Crippen LogP contribution in [-0.4, -0.2) is 30.2 Å². The highest BCUT2D eigenvalue weighted by Gasteiger charge is 2.27. The van der Waals surface area contributed by atoms with Crippen LogP contribution in [0.1, 0.15) is 49.9 Å². The highest BCUT2D eigenvalue weighted by atomic mass is 16.4. The normalized spacial score (nSPS) is 13.5.